The van der Waals surface area contributed by atoms with Crippen molar-refractivity contribution in [1.82, 2.24) is 9.47 Å². The minimum absolute atomic E-state index is 0.0596. The Morgan fingerprint density at radius 3 is 2.46 bits per heavy atom. The molecule has 4 atom stereocenters. The van der Waals surface area contributed by atoms with Crippen LogP contribution in [0.2, 0.25) is 0 Å². The van der Waals surface area contributed by atoms with E-state index in [0.29, 0.717) is 6.04 Å². The summed E-state index contributed by atoms with van der Waals surface area (Å²) in [6.07, 6.45) is 3.52. The summed E-state index contributed by atoms with van der Waals surface area (Å²) in [6, 6.07) is 18.8. The third kappa shape index (κ3) is 2.76. The molecule has 0 unspecified atom stereocenters. The molecule has 3 aromatic carbocycles. The van der Waals surface area contributed by atoms with E-state index in [2.05, 4.69) is 85.9 Å². The summed E-state index contributed by atoms with van der Waals surface area (Å²) in [6.45, 7) is 14.0. The van der Waals surface area contributed by atoms with Gasteiger partial charge in [0.15, 0.2) is 0 Å². The molecule has 3 heterocycles. The number of rotatable bonds is 0. The first kappa shape index (κ1) is 24.6. The first-order chi connectivity index (χ1) is 18.0. The molecule has 3 heteroatoms. The van der Waals surface area contributed by atoms with Crippen LogP contribution in [0.25, 0.3) is 21.7 Å². The van der Waals surface area contributed by atoms with Crippen molar-refractivity contribution in [3.05, 3.63) is 76.5 Å². The number of fused-ring (bicyclic) bond motifs is 6. The quantitative estimate of drug-likeness (QED) is 0.247. The smallest absolute Gasteiger partial charge is 0.149 e. The van der Waals surface area contributed by atoms with Crippen LogP contribution in [0.1, 0.15) is 75.1 Å². The van der Waals surface area contributed by atoms with E-state index in [1.54, 1.807) is 5.56 Å². The highest BCUT2D eigenvalue weighted by Gasteiger charge is 2.70. The van der Waals surface area contributed by atoms with E-state index < -0.39 is 0 Å². The van der Waals surface area contributed by atoms with Gasteiger partial charge in [0.1, 0.15) is 11.9 Å². The van der Waals surface area contributed by atoms with Crippen LogP contribution in [0.5, 0.6) is 5.75 Å². The summed E-state index contributed by atoms with van der Waals surface area (Å²) in [4.78, 5) is 2.65. The molecular weight excluding hydrogens is 452 g/mol. The van der Waals surface area contributed by atoms with Crippen LogP contribution in [0, 0.1) is 12.3 Å². The van der Waals surface area contributed by atoms with Crippen molar-refractivity contribution in [2.45, 2.75) is 78.4 Å². The Hall–Kier alpha value is -2.78. The molecule has 2 aliphatic heterocycles. The van der Waals surface area contributed by atoms with Gasteiger partial charge in [-0.2, -0.15) is 0 Å². The average molecular weight is 495 g/mol. The number of ether oxygens (including phenoxy) is 1. The number of benzene rings is 3. The van der Waals surface area contributed by atoms with Crippen molar-refractivity contribution in [2.24, 2.45) is 12.5 Å². The van der Waals surface area contributed by atoms with Gasteiger partial charge in [0.2, 0.25) is 0 Å². The third-order valence-electron chi connectivity index (χ3n) is 10.2. The van der Waals surface area contributed by atoms with Gasteiger partial charge in [0.25, 0.3) is 0 Å². The van der Waals surface area contributed by atoms with E-state index in [-0.39, 0.29) is 16.9 Å². The Kier molecular flexibility index (Phi) is 5.55. The summed E-state index contributed by atoms with van der Waals surface area (Å²) in [7, 11) is 4.63. The Balaban J connectivity index is 0.000000603. The zero-order valence-electron chi connectivity index (χ0n) is 23.9. The molecule has 4 aliphatic rings. The van der Waals surface area contributed by atoms with Crippen molar-refractivity contribution in [3.8, 4) is 5.75 Å². The van der Waals surface area contributed by atoms with E-state index in [0.717, 1.165) is 19.4 Å². The summed E-state index contributed by atoms with van der Waals surface area (Å²) in [5, 5.41) is 4.09. The minimum Gasteiger partial charge on any atom is -0.483 e. The van der Waals surface area contributed by atoms with Crippen molar-refractivity contribution in [1.29, 1.82) is 0 Å². The molecule has 37 heavy (non-hydrogen) atoms. The van der Waals surface area contributed by atoms with Crippen LogP contribution in [-0.4, -0.2) is 29.1 Å². The lowest BCUT2D eigenvalue weighted by Gasteiger charge is -2.64. The number of aromatic nitrogens is 1. The number of hydrogen-bond donors (Lipinski definition) is 0. The summed E-state index contributed by atoms with van der Waals surface area (Å²) in [5.74, 6) is 1.19. The Morgan fingerprint density at radius 1 is 0.919 bits per heavy atom. The average Bonchev–Trinajstić information content (AvgIpc) is 3.42. The van der Waals surface area contributed by atoms with Crippen molar-refractivity contribution >= 4 is 21.7 Å². The van der Waals surface area contributed by atoms with Crippen LogP contribution in [0.4, 0.5) is 0 Å². The second kappa shape index (κ2) is 8.36. The maximum atomic E-state index is 7.12. The zero-order valence-corrected chi connectivity index (χ0v) is 23.9. The van der Waals surface area contributed by atoms with Crippen molar-refractivity contribution < 1.29 is 4.74 Å². The molecule has 0 amide bonds. The van der Waals surface area contributed by atoms with E-state index in [9.17, 15) is 0 Å². The molecule has 1 spiro atoms. The first-order valence-electron chi connectivity index (χ1n) is 14.4. The van der Waals surface area contributed by atoms with Gasteiger partial charge in [-0.25, -0.2) is 0 Å². The maximum Gasteiger partial charge on any atom is 0.149 e. The van der Waals surface area contributed by atoms with Crippen LogP contribution < -0.4 is 4.74 Å². The van der Waals surface area contributed by atoms with E-state index in [1.165, 1.54) is 56.2 Å². The normalized spacial score (nSPS) is 28.4. The molecule has 0 N–H and O–H groups in total. The number of likely N-dealkylation sites (tertiary alicyclic amines) is 1. The minimum atomic E-state index is 0.0596. The molecule has 8 rings (SSSR count). The van der Waals surface area contributed by atoms with E-state index in [1.807, 2.05) is 27.7 Å². The van der Waals surface area contributed by atoms with Crippen LogP contribution in [0.3, 0.4) is 0 Å². The lowest BCUT2D eigenvalue weighted by atomic mass is 9.44. The van der Waals surface area contributed by atoms with E-state index in [4.69, 9.17) is 4.74 Å². The summed E-state index contributed by atoms with van der Waals surface area (Å²) in [5.41, 5.74) is 8.91. The van der Waals surface area contributed by atoms with Crippen LogP contribution >= 0.6 is 0 Å². The summed E-state index contributed by atoms with van der Waals surface area (Å²) < 4.78 is 9.61. The van der Waals surface area contributed by atoms with Crippen LogP contribution in [0.15, 0.2) is 48.5 Å². The first-order valence-corrected chi connectivity index (χ1v) is 14.4. The molecule has 0 saturated carbocycles. The molecule has 1 aromatic heterocycles. The Labute approximate surface area is 222 Å². The number of aryl methyl sites for hydroxylation is 2. The van der Waals surface area contributed by atoms with Crippen molar-refractivity contribution in [3.63, 3.8) is 0 Å². The fourth-order valence-corrected chi connectivity index (χ4v) is 8.67. The van der Waals surface area contributed by atoms with Gasteiger partial charge in [-0.1, -0.05) is 83.1 Å². The molecule has 1 fully saturated rings. The zero-order chi connectivity index (χ0) is 26.3. The van der Waals surface area contributed by atoms with Crippen molar-refractivity contribution in [2.75, 3.05) is 13.6 Å². The van der Waals surface area contributed by atoms with Gasteiger partial charge in [-0.05, 0) is 61.9 Å². The fraction of sp³-hybridized carbons (Fsp3) is 0.471. The predicted octanol–water partition coefficient (Wildman–Crippen LogP) is 7.89. The Bertz CT molecular complexity index is 1530. The molecule has 194 valence electrons. The van der Waals surface area contributed by atoms with Gasteiger partial charge in [0.05, 0.1) is 16.6 Å². The molecule has 2 aliphatic carbocycles. The Morgan fingerprint density at radius 2 is 1.68 bits per heavy atom. The predicted molar refractivity (Wildman–Crippen MR) is 156 cm³/mol. The summed E-state index contributed by atoms with van der Waals surface area (Å²) >= 11 is 0. The highest BCUT2D eigenvalue weighted by Crippen LogP contribution is 2.71. The molecule has 2 bridgehead atoms. The SMILES string of the molecule is CC.CC.Cc1ccc2c3c1O[C@H]1c4c(c5ccc6ccccc6c5n4C)C[C@@]4(C)[C@@H](C2)N(C)CC[C@]314. The van der Waals surface area contributed by atoms with Gasteiger partial charge in [-0.15, -0.1) is 0 Å². The number of piperidine rings is 1. The fourth-order valence-electron chi connectivity index (χ4n) is 8.67. The monoisotopic (exact) mass is 494 g/mol. The van der Waals surface area contributed by atoms with Gasteiger partial charge in [-0.3, -0.25) is 0 Å². The highest BCUT2D eigenvalue weighted by atomic mass is 16.5. The van der Waals surface area contributed by atoms with Gasteiger partial charge in [0, 0.05) is 34.8 Å². The number of nitrogens with zero attached hydrogens (tertiary/aromatic N) is 2. The lowest BCUT2D eigenvalue weighted by Crippen LogP contribution is -2.68. The largest absolute Gasteiger partial charge is 0.483 e. The number of likely N-dealkylation sites (N-methyl/N-ethyl adjacent to an activating group) is 1. The molecular formula is C34H42N2O. The number of hydrogen-bond acceptors (Lipinski definition) is 2. The second-order valence-electron chi connectivity index (χ2n) is 11.4. The third-order valence-corrected chi connectivity index (χ3v) is 10.2. The lowest BCUT2D eigenvalue weighted by molar-refractivity contribution is -0.0912. The maximum absolute atomic E-state index is 7.12. The molecule has 0 radical (unpaired) electrons. The second-order valence-corrected chi connectivity index (χ2v) is 11.4. The molecule has 3 nitrogen and oxygen atoms in total. The standard InChI is InChI=1S/C30H30N2O.2C2H6/c1-17-9-10-19-15-23-29(2)16-22-21-12-11-18-7-5-6-8-20(18)25(21)32(4)26(22)28-30(29,13-14-31(23)3)24(19)27(17)33-28;2*1-2/h5-12,23,28H,13-16H2,1-4H3;2*1-2H3/t23-,28+,29+,30+;;/m1../s1. The highest BCUT2D eigenvalue weighted by molar-refractivity contribution is 6.08. The topological polar surface area (TPSA) is 17.4 Å². The van der Waals surface area contributed by atoms with Gasteiger partial charge < -0.3 is 14.2 Å². The van der Waals surface area contributed by atoms with E-state index >= 15 is 0 Å². The molecule has 4 aromatic rings. The molecule has 1 saturated heterocycles. The van der Waals surface area contributed by atoms with Gasteiger partial charge >= 0.3 is 0 Å². The van der Waals surface area contributed by atoms with Crippen LogP contribution in [-0.2, 0) is 25.3 Å².